The van der Waals surface area contributed by atoms with E-state index in [2.05, 4.69) is 19.6 Å². The van der Waals surface area contributed by atoms with Gasteiger partial charge >= 0.3 is 0 Å². The third-order valence-corrected chi connectivity index (χ3v) is 6.80. The summed E-state index contributed by atoms with van der Waals surface area (Å²) in [4.78, 5) is 10.2. The van der Waals surface area contributed by atoms with Crippen molar-refractivity contribution in [2.75, 3.05) is 24.9 Å². The summed E-state index contributed by atoms with van der Waals surface area (Å²) in [6, 6.07) is 9.27. The molecule has 2 aromatic heterocycles. The van der Waals surface area contributed by atoms with E-state index >= 15 is 0 Å². The first kappa shape index (κ1) is 22.4. The predicted octanol–water partition coefficient (Wildman–Crippen LogP) is 4.34. The van der Waals surface area contributed by atoms with Crippen molar-refractivity contribution in [2.24, 2.45) is 0 Å². The highest BCUT2D eigenvalue weighted by Crippen LogP contribution is 2.28. The number of anilines is 1. The molecule has 7 nitrogen and oxygen atoms in total. The molecule has 32 heavy (non-hydrogen) atoms. The number of halogens is 2. The summed E-state index contributed by atoms with van der Waals surface area (Å²) < 4.78 is 48.0. The lowest BCUT2D eigenvalue weighted by atomic mass is 10.1. The van der Waals surface area contributed by atoms with Gasteiger partial charge in [-0.05, 0) is 50.2 Å². The minimum absolute atomic E-state index is 0.0770. The van der Waals surface area contributed by atoms with Crippen LogP contribution in [0.2, 0.25) is 5.02 Å². The van der Waals surface area contributed by atoms with Gasteiger partial charge in [-0.2, -0.15) is 0 Å². The molecule has 0 amide bonds. The number of methoxy groups -OCH3 is 1. The number of rotatable bonds is 7. The van der Waals surface area contributed by atoms with Gasteiger partial charge in [0, 0.05) is 30.1 Å². The van der Waals surface area contributed by atoms with Crippen LogP contribution in [-0.2, 0) is 16.6 Å². The lowest BCUT2D eigenvalue weighted by molar-refractivity contribution is 0.325. The van der Waals surface area contributed by atoms with Crippen LogP contribution in [0, 0.1) is 5.82 Å². The van der Waals surface area contributed by atoms with Gasteiger partial charge in [-0.1, -0.05) is 23.7 Å². The third-order valence-electron chi connectivity index (χ3n) is 5.22. The standard InChI is InChI=1S/C22H22ClFN4O3S/c1-31-22-21(11-17(23)13-26-22)32(29,30)27-18-6-7-25-20(12-18)15-4-5-16(19(24)10-15)14-28-8-2-3-9-28/h4-7,10-13H,2-3,8-9,14H2,1H3,(H,25,27). The van der Waals surface area contributed by atoms with Gasteiger partial charge in [0.1, 0.15) is 5.82 Å². The Morgan fingerprint density at radius 3 is 2.66 bits per heavy atom. The molecule has 4 rings (SSSR count). The predicted molar refractivity (Wildman–Crippen MR) is 121 cm³/mol. The van der Waals surface area contributed by atoms with Crippen LogP contribution in [0.15, 0.2) is 53.7 Å². The fourth-order valence-electron chi connectivity index (χ4n) is 3.63. The molecule has 0 unspecified atom stereocenters. The van der Waals surface area contributed by atoms with Crippen molar-refractivity contribution in [3.63, 3.8) is 0 Å². The molecule has 0 atom stereocenters. The summed E-state index contributed by atoms with van der Waals surface area (Å²) in [7, 11) is -2.71. The number of benzene rings is 1. The molecule has 0 radical (unpaired) electrons. The lowest BCUT2D eigenvalue weighted by Gasteiger charge is -2.15. The van der Waals surface area contributed by atoms with E-state index in [0.29, 0.717) is 23.4 Å². The average Bonchev–Trinajstić information content (AvgIpc) is 3.28. The Kier molecular flexibility index (Phi) is 6.59. The third kappa shape index (κ3) is 5.01. The first-order chi connectivity index (χ1) is 15.4. The maximum absolute atomic E-state index is 14.7. The molecule has 0 spiro atoms. The summed E-state index contributed by atoms with van der Waals surface area (Å²) in [6.07, 6.45) is 5.04. The molecule has 168 valence electrons. The topological polar surface area (TPSA) is 84.4 Å². The Bertz CT molecular complexity index is 1230. The number of sulfonamides is 1. The molecular weight excluding hydrogens is 455 g/mol. The molecule has 1 aliphatic heterocycles. The molecule has 1 aliphatic rings. The smallest absolute Gasteiger partial charge is 0.267 e. The molecule has 10 heteroatoms. The van der Waals surface area contributed by atoms with E-state index in [1.165, 1.54) is 43.8 Å². The second-order valence-corrected chi connectivity index (χ2v) is 9.57. The van der Waals surface area contributed by atoms with Crippen molar-refractivity contribution in [3.05, 3.63) is 65.2 Å². The first-order valence-electron chi connectivity index (χ1n) is 10.1. The van der Waals surface area contributed by atoms with Gasteiger partial charge in [0.05, 0.1) is 23.5 Å². The van der Waals surface area contributed by atoms with Crippen LogP contribution in [0.5, 0.6) is 5.88 Å². The van der Waals surface area contributed by atoms with Crippen LogP contribution in [0.25, 0.3) is 11.3 Å². The zero-order valence-electron chi connectivity index (χ0n) is 17.4. The zero-order valence-corrected chi connectivity index (χ0v) is 19.0. The number of hydrogen-bond acceptors (Lipinski definition) is 6. The van der Waals surface area contributed by atoms with E-state index in [1.54, 1.807) is 12.1 Å². The van der Waals surface area contributed by atoms with Crippen molar-refractivity contribution >= 4 is 27.3 Å². The largest absolute Gasteiger partial charge is 0.480 e. The zero-order chi connectivity index (χ0) is 22.7. The molecule has 3 heterocycles. The fraction of sp³-hybridized carbons (Fsp3) is 0.273. The molecule has 1 N–H and O–H groups in total. The quantitative estimate of drug-likeness (QED) is 0.546. The summed E-state index contributed by atoms with van der Waals surface area (Å²) in [5.74, 6) is -0.385. The Balaban J connectivity index is 1.57. The van der Waals surface area contributed by atoms with Crippen molar-refractivity contribution in [3.8, 4) is 17.1 Å². The molecule has 1 fully saturated rings. The number of likely N-dealkylation sites (tertiary alicyclic amines) is 1. The fourth-order valence-corrected chi connectivity index (χ4v) is 5.05. The van der Waals surface area contributed by atoms with Crippen molar-refractivity contribution in [1.29, 1.82) is 0 Å². The number of pyridine rings is 2. The maximum atomic E-state index is 14.7. The first-order valence-corrected chi connectivity index (χ1v) is 11.9. The van der Waals surface area contributed by atoms with Crippen molar-refractivity contribution in [2.45, 2.75) is 24.3 Å². The van der Waals surface area contributed by atoms with E-state index in [9.17, 15) is 12.8 Å². The second-order valence-electron chi connectivity index (χ2n) is 7.49. The molecule has 0 saturated carbocycles. The summed E-state index contributed by atoms with van der Waals surface area (Å²) in [5.41, 5.74) is 1.88. The SMILES string of the molecule is COc1ncc(Cl)cc1S(=O)(=O)Nc1ccnc(-c2ccc(CN3CCCC3)c(F)c2)c1. The lowest BCUT2D eigenvalue weighted by Crippen LogP contribution is -2.19. The van der Waals surface area contributed by atoms with E-state index in [4.69, 9.17) is 16.3 Å². The molecule has 0 aliphatic carbocycles. The van der Waals surface area contributed by atoms with Gasteiger partial charge in [-0.3, -0.25) is 14.6 Å². The molecular formula is C22H22ClFN4O3S. The normalized spacial score (nSPS) is 14.5. The highest BCUT2D eigenvalue weighted by Gasteiger charge is 2.22. The minimum Gasteiger partial charge on any atom is -0.480 e. The van der Waals surface area contributed by atoms with E-state index in [1.807, 2.05) is 0 Å². The number of hydrogen-bond donors (Lipinski definition) is 1. The van der Waals surface area contributed by atoms with Crippen LogP contribution >= 0.6 is 11.6 Å². The van der Waals surface area contributed by atoms with Crippen LogP contribution < -0.4 is 9.46 Å². The highest BCUT2D eigenvalue weighted by atomic mass is 35.5. The van der Waals surface area contributed by atoms with Crippen LogP contribution in [-0.4, -0.2) is 43.5 Å². The van der Waals surface area contributed by atoms with Crippen LogP contribution in [0.3, 0.4) is 0 Å². The van der Waals surface area contributed by atoms with E-state index in [-0.39, 0.29) is 27.3 Å². The number of nitrogens with one attached hydrogen (secondary N) is 1. The van der Waals surface area contributed by atoms with Crippen molar-refractivity contribution < 1.29 is 17.5 Å². The Labute approximate surface area is 191 Å². The van der Waals surface area contributed by atoms with Gasteiger partial charge in [-0.25, -0.2) is 17.8 Å². The van der Waals surface area contributed by atoms with Gasteiger partial charge in [-0.15, -0.1) is 0 Å². The maximum Gasteiger partial charge on any atom is 0.267 e. The van der Waals surface area contributed by atoms with E-state index in [0.717, 1.165) is 25.9 Å². The number of nitrogens with zero attached hydrogens (tertiary/aromatic N) is 3. The number of ether oxygens (including phenoxy) is 1. The molecule has 3 aromatic rings. The Hall–Kier alpha value is -2.75. The van der Waals surface area contributed by atoms with E-state index < -0.39 is 10.0 Å². The Morgan fingerprint density at radius 2 is 1.94 bits per heavy atom. The van der Waals surface area contributed by atoms with Gasteiger partial charge < -0.3 is 4.74 Å². The highest BCUT2D eigenvalue weighted by molar-refractivity contribution is 7.92. The summed E-state index contributed by atoms with van der Waals surface area (Å²) in [6.45, 7) is 2.55. The number of aromatic nitrogens is 2. The average molecular weight is 477 g/mol. The molecule has 1 saturated heterocycles. The summed E-state index contributed by atoms with van der Waals surface area (Å²) >= 11 is 5.91. The summed E-state index contributed by atoms with van der Waals surface area (Å²) in [5, 5.41) is 0.158. The van der Waals surface area contributed by atoms with Gasteiger partial charge in [0.2, 0.25) is 5.88 Å². The second kappa shape index (κ2) is 9.40. The molecule has 1 aromatic carbocycles. The monoisotopic (exact) mass is 476 g/mol. The molecule has 0 bridgehead atoms. The Morgan fingerprint density at radius 1 is 1.16 bits per heavy atom. The van der Waals surface area contributed by atoms with Crippen molar-refractivity contribution in [1.82, 2.24) is 14.9 Å². The van der Waals surface area contributed by atoms with Crippen LogP contribution in [0.4, 0.5) is 10.1 Å². The minimum atomic E-state index is -4.04. The van der Waals surface area contributed by atoms with Crippen LogP contribution in [0.1, 0.15) is 18.4 Å². The van der Waals surface area contributed by atoms with Gasteiger partial charge in [0.25, 0.3) is 10.0 Å². The van der Waals surface area contributed by atoms with Gasteiger partial charge in [0.15, 0.2) is 4.90 Å².